The van der Waals surface area contributed by atoms with Gasteiger partial charge in [0.2, 0.25) is 0 Å². The molecule has 4 rings (SSSR count). The molecule has 0 spiro atoms. The summed E-state index contributed by atoms with van der Waals surface area (Å²) in [6, 6.07) is 10.4. The fraction of sp³-hybridized carbons (Fsp3) is 0.375. The SMILES string of the molecule is OCC1C(O)CC(NCc2ccc(C(F)(F)F)cc2)C1Cc1ccnc(-c2cccnc2)n1. The van der Waals surface area contributed by atoms with E-state index < -0.39 is 17.8 Å². The number of nitrogens with one attached hydrogen (secondary N) is 1. The molecule has 3 N–H and O–H groups in total. The molecule has 6 nitrogen and oxygen atoms in total. The number of hydrogen-bond donors (Lipinski definition) is 3. The molecule has 1 saturated carbocycles. The monoisotopic (exact) mass is 458 g/mol. The second kappa shape index (κ2) is 9.94. The first kappa shape index (κ1) is 23.3. The minimum absolute atomic E-state index is 0.101. The third kappa shape index (κ3) is 5.55. The normalized spacial score (nSPS) is 23.1. The minimum atomic E-state index is -4.37. The Balaban J connectivity index is 1.47. The highest BCUT2D eigenvalue weighted by atomic mass is 19.4. The number of rotatable bonds is 7. The average molecular weight is 458 g/mol. The molecule has 9 heteroatoms. The average Bonchev–Trinajstić information content (AvgIpc) is 3.12. The Morgan fingerprint density at radius 3 is 2.48 bits per heavy atom. The van der Waals surface area contributed by atoms with Gasteiger partial charge in [-0.15, -0.1) is 0 Å². The van der Waals surface area contributed by atoms with E-state index in [0.29, 0.717) is 30.8 Å². The van der Waals surface area contributed by atoms with E-state index in [2.05, 4.69) is 20.3 Å². The Morgan fingerprint density at radius 2 is 1.82 bits per heavy atom. The first-order valence-corrected chi connectivity index (χ1v) is 10.8. The summed E-state index contributed by atoms with van der Waals surface area (Å²) < 4.78 is 38.4. The number of benzene rings is 1. The zero-order valence-corrected chi connectivity index (χ0v) is 17.8. The van der Waals surface area contributed by atoms with Crippen molar-refractivity contribution in [2.45, 2.75) is 37.7 Å². The number of halogens is 3. The van der Waals surface area contributed by atoms with Gasteiger partial charge in [0.15, 0.2) is 5.82 Å². The largest absolute Gasteiger partial charge is 0.416 e. The van der Waals surface area contributed by atoms with Gasteiger partial charge in [0.1, 0.15) is 0 Å². The Bertz CT molecular complexity index is 1050. The lowest BCUT2D eigenvalue weighted by atomic mass is 9.88. The molecule has 2 heterocycles. The molecule has 4 unspecified atom stereocenters. The number of aliphatic hydroxyl groups excluding tert-OH is 2. The summed E-state index contributed by atoms with van der Waals surface area (Å²) in [4.78, 5) is 13.0. The minimum Gasteiger partial charge on any atom is -0.396 e. The second-order valence-electron chi connectivity index (χ2n) is 8.31. The molecule has 2 aromatic heterocycles. The van der Waals surface area contributed by atoms with Gasteiger partial charge in [-0.3, -0.25) is 4.98 Å². The van der Waals surface area contributed by atoms with Crippen LogP contribution in [0.4, 0.5) is 13.2 Å². The maximum atomic E-state index is 12.8. The van der Waals surface area contributed by atoms with E-state index in [1.807, 2.05) is 18.2 Å². The summed E-state index contributed by atoms with van der Waals surface area (Å²) >= 11 is 0. The van der Waals surface area contributed by atoms with Crippen LogP contribution in [0.3, 0.4) is 0 Å². The van der Waals surface area contributed by atoms with Gasteiger partial charge < -0.3 is 15.5 Å². The van der Waals surface area contributed by atoms with Gasteiger partial charge in [-0.05, 0) is 54.7 Å². The molecule has 1 fully saturated rings. The van der Waals surface area contributed by atoms with Crippen LogP contribution >= 0.6 is 0 Å². The molecule has 0 amide bonds. The number of alkyl halides is 3. The van der Waals surface area contributed by atoms with Crippen molar-refractivity contribution in [3.63, 3.8) is 0 Å². The first-order valence-electron chi connectivity index (χ1n) is 10.8. The van der Waals surface area contributed by atoms with Crippen LogP contribution in [0.25, 0.3) is 11.4 Å². The van der Waals surface area contributed by atoms with E-state index in [1.54, 1.807) is 18.6 Å². The van der Waals surface area contributed by atoms with Crippen molar-refractivity contribution in [1.82, 2.24) is 20.3 Å². The standard InChI is InChI=1S/C24H25F3N4O2/c25-24(26,27)17-5-3-15(4-6-17)12-30-21-11-22(33)20(14-32)19(21)10-18-7-9-29-23(31-18)16-2-1-8-28-13-16/h1-9,13,19-22,30,32-33H,10-12,14H2. The van der Waals surface area contributed by atoms with Crippen LogP contribution in [-0.4, -0.2) is 43.9 Å². The van der Waals surface area contributed by atoms with Crippen molar-refractivity contribution in [1.29, 1.82) is 0 Å². The Kier molecular flexibility index (Phi) is 7.02. The molecular weight excluding hydrogens is 433 g/mol. The summed E-state index contributed by atoms with van der Waals surface area (Å²) in [7, 11) is 0. The van der Waals surface area contributed by atoms with Crippen LogP contribution in [0, 0.1) is 11.8 Å². The van der Waals surface area contributed by atoms with Crippen molar-refractivity contribution in [2.75, 3.05) is 6.61 Å². The zero-order chi connectivity index (χ0) is 23.4. The van der Waals surface area contributed by atoms with E-state index >= 15 is 0 Å². The van der Waals surface area contributed by atoms with Crippen LogP contribution in [0.2, 0.25) is 0 Å². The molecule has 33 heavy (non-hydrogen) atoms. The number of aromatic nitrogens is 3. The van der Waals surface area contributed by atoms with Gasteiger partial charge in [-0.25, -0.2) is 9.97 Å². The predicted octanol–water partition coefficient (Wildman–Crippen LogP) is 3.25. The molecule has 3 aromatic rings. The highest BCUT2D eigenvalue weighted by Crippen LogP contribution is 2.35. The summed E-state index contributed by atoms with van der Waals surface area (Å²) in [6.45, 7) is 0.194. The van der Waals surface area contributed by atoms with Gasteiger partial charge in [0, 0.05) is 55.0 Å². The lowest BCUT2D eigenvalue weighted by Gasteiger charge is -2.25. The Labute approximate surface area is 189 Å². The molecule has 174 valence electrons. The van der Waals surface area contributed by atoms with Gasteiger partial charge in [0.25, 0.3) is 0 Å². The van der Waals surface area contributed by atoms with Crippen LogP contribution in [0.5, 0.6) is 0 Å². The Hall–Kier alpha value is -2.88. The van der Waals surface area contributed by atoms with E-state index in [9.17, 15) is 23.4 Å². The number of nitrogens with zero attached hydrogens (tertiary/aromatic N) is 3. The molecule has 1 aliphatic carbocycles. The highest BCUT2D eigenvalue weighted by molar-refractivity contribution is 5.52. The van der Waals surface area contributed by atoms with Crippen LogP contribution in [0.1, 0.15) is 23.2 Å². The summed E-state index contributed by atoms with van der Waals surface area (Å²) in [5.74, 6) is 0.122. The zero-order valence-electron chi connectivity index (χ0n) is 17.8. The van der Waals surface area contributed by atoms with E-state index in [0.717, 1.165) is 23.4 Å². The number of pyridine rings is 1. The third-order valence-corrected chi connectivity index (χ3v) is 6.19. The van der Waals surface area contributed by atoms with Gasteiger partial charge >= 0.3 is 6.18 Å². The highest BCUT2D eigenvalue weighted by Gasteiger charge is 2.42. The Morgan fingerprint density at radius 1 is 1.03 bits per heavy atom. The van der Waals surface area contributed by atoms with Gasteiger partial charge in [-0.2, -0.15) is 13.2 Å². The number of aliphatic hydroxyl groups is 2. The predicted molar refractivity (Wildman–Crippen MR) is 116 cm³/mol. The first-order chi connectivity index (χ1) is 15.8. The molecular formula is C24H25F3N4O2. The smallest absolute Gasteiger partial charge is 0.396 e. The molecule has 0 saturated heterocycles. The lowest BCUT2D eigenvalue weighted by molar-refractivity contribution is -0.137. The van der Waals surface area contributed by atoms with Crippen molar-refractivity contribution < 1.29 is 23.4 Å². The molecule has 0 aliphatic heterocycles. The quantitative estimate of drug-likeness (QED) is 0.504. The van der Waals surface area contributed by atoms with Crippen LogP contribution in [0.15, 0.2) is 61.1 Å². The van der Waals surface area contributed by atoms with Crippen LogP contribution in [-0.2, 0) is 19.1 Å². The fourth-order valence-electron chi connectivity index (χ4n) is 4.42. The van der Waals surface area contributed by atoms with Crippen molar-refractivity contribution in [3.8, 4) is 11.4 Å². The van der Waals surface area contributed by atoms with E-state index in [4.69, 9.17) is 0 Å². The molecule has 0 bridgehead atoms. The summed E-state index contributed by atoms with van der Waals surface area (Å²) in [5.41, 5.74) is 1.60. The van der Waals surface area contributed by atoms with E-state index in [-0.39, 0.29) is 24.5 Å². The third-order valence-electron chi connectivity index (χ3n) is 6.19. The molecule has 0 radical (unpaired) electrons. The van der Waals surface area contributed by atoms with Crippen LogP contribution < -0.4 is 5.32 Å². The summed E-state index contributed by atoms with van der Waals surface area (Å²) in [5, 5.41) is 23.8. The fourth-order valence-corrected chi connectivity index (χ4v) is 4.42. The molecule has 1 aromatic carbocycles. The van der Waals surface area contributed by atoms with Gasteiger partial charge in [-0.1, -0.05) is 12.1 Å². The van der Waals surface area contributed by atoms with E-state index in [1.165, 1.54) is 12.1 Å². The van der Waals surface area contributed by atoms with Crippen molar-refractivity contribution in [2.24, 2.45) is 11.8 Å². The number of hydrogen-bond acceptors (Lipinski definition) is 6. The maximum absolute atomic E-state index is 12.8. The molecule has 1 aliphatic rings. The molecule has 4 atom stereocenters. The lowest BCUT2D eigenvalue weighted by Crippen LogP contribution is -2.36. The van der Waals surface area contributed by atoms with Crippen molar-refractivity contribution >= 4 is 0 Å². The maximum Gasteiger partial charge on any atom is 0.416 e. The summed E-state index contributed by atoms with van der Waals surface area (Å²) in [6.07, 6.45) is 0.946. The van der Waals surface area contributed by atoms with Crippen molar-refractivity contribution in [3.05, 3.63) is 77.9 Å². The second-order valence-corrected chi connectivity index (χ2v) is 8.31. The van der Waals surface area contributed by atoms with Gasteiger partial charge in [0.05, 0.1) is 11.7 Å². The topological polar surface area (TPSA) is 91.2 Å².